The van der Waals surface area contributed by atoms with Gasteiger partial charge in [0.2, 0.25) is 0 Å². The van der Waals surface area contributed by atoms with E-state index in [2.05, 4.69) is 5.10 Å². The van der Waals surface area contributed by atoms with Gasteiger partial charge in [0.15, 0.2) is 5.69 Å². The predicted octanol–water partition coefficient (Wildman–Crippen LogP) is 1.63. The lowest BCUT2D eigenvalue weighted by molar-refractivity contribution is -0.141. The molecule has 0 amide bonds. The van der Waals surface area contributed by atoms with Crippen molar-refractivity contribution in [2.24, 2.45) is 13.0 Å². The summed E-state index contributed by atoms with van der Waals surface area (Å²) in [6.07, 6.45) is -4.10. The molecule has 1 aliphatic rings. The molecular formula is C9H9F3N2O2. The summed E-state index contributed by atoms with van der Waals surface area (Å²) in [6, 6.07) is 0.924. The number of alkyl halides is 3. The van der Waals surface area contributed by atoms with Crippen LogP contribution in [0.2, 0.25) is 0 Å². The summed E-state index contributed by atoms with van der Waals surface area (Å²) in [6.45, 7) is 0. The van der Waals surface area contributed by atoms with Crippen molar-refractivity contribution < 1.29 is 23.1 Å². The zero-order valence-electron chi connectivity index (χ0n) is 8.32. The minimum absolute atomic E-state index is 0.333. The van der Waals surface area contributed by atoms with E-state index in [4.69, 9.17) is 5.11 Å². The fourth-order valence-electron chi connectivity index (χ4n) is 1.76. The molecule has 2 rings (SSSR count). The zero-order chi connectivity index (χ0) is 12.1. The lowest BCUT2D eigenvalue weighted by Gasteiger charge is -1.99. The molecular weight excluding hydrogens is 225 g/mol. The van der Waals surface area contributed by atoms with Gasteiger partial charge in [-0.1, -0.05) is 0 Å². The van der Waals surface area contributed by atoms with Gasteiger partial charge >= 0.3 is 12.1 Å². The van der Waals surface area contributed by atoms with Crippen molar-refractivity contribution in [1.29, 1.82) is 0 Å². The average Bonchev–Trinajstić information content (AvgIpc) is 2.82. The molecule has 0 aliphatic heterocycles. The Morgan fingerprint density at radius 3 is 2.62 bits per heavy atom. The van der Waals surface area contributed by atoms with E-state index < -0.39 is 23.8 Å². The number of aliphatic carboxylic acids is 1. The number of carboxylic acid groups (broad SMARTS) is 1. The Kier molecular flexibility index (Phi) is 2.21. The van der Waals surface area contributed by atoms with Gasteiger partial charge in [0, 0.05) is 18.7 Å². The standard InChI is InChI=1S/C9H9F3N2O2/c1-14-6(4-2-5(4)8(15)16)3-7(13-14)9(10,11)12/h3-5H,2H2,1H3,(H,15,16)/t4-,5-/m1/s1. The van der Waals surface area contributed by atoms with Crippen LogP contribution in [0.4, 0.5) is 13.2 Å². The molecule has 1 aromatic rings. The Morgan fingerprint density at radius 1 is 1.62 bits per heavy atom. The summed E-state index contributed by atoms with van der Waals surface area (Å²) in [7, 11) is 1.39. The van der Waals surface area contributed by atoms with Gasteiger partial charge in [0.25, 0.3) is 0 Å². The number of carbonyl (C=O) groups is 1. The largest absolute Gasteiger partial charge is 0.481 e. The van der Waals surface area contributed by atoms with E-state index >= 15 is 0 Å². The first-order valence-electron chi connectivity index (χ1n) is 4.64. The van der Waals surface area contributed by atoms with Crippen LogP contribution in [-0.2, 0) is 18.0 Å². The summed E-state index contributed by atoms with van der Waals surface area (Å²) >= 11 is 0. The molecule has 1 aromatic heterocycles. The number of aryl methyl sites for hydroxylation is 1. The topological polar surface area (TPSA) is 55.1 Å². The van der Waals surface area contributed by atoms with Gasteiger partial charge < -0.3 is 5.11 Å². The summed E-state index contributed by atoms with van der Waals surface area (Å²) in [5.74, 6) is -1.89. The van der Waals surface area contributed by atoms with Crippen LogP contribution < -0.4 is 0 Å². The van der Waals surface area contributed by atoms with Crippen molar-refractivity contribution in [2.45, 2.75) is 18.5 Å². The number of hydrogen-bond donors (Lipinski definition) is 1. The number of halogens is 3. The van der Waals surface area contributed by atoms with Gasteiger partial charge in [0.05, 0.1) is 5.92 Å². The molecule has 1 heterocycles. The molecule has 1 fully saturated rings. The van der Waals surface area contributed by atoms with Crippen molar-refractivity contribution in [3.05, 3.63) is 17.5 Å². The highest BCUT2D eigenvalue weighted by Gasteiger charge is 2.47. The van der Waals surface area contributed by atoms with E-state index in [0.717, 1.165) is 10.7 Å². The SMILES string of the molecule is Cn1nc(C(F)(F)F)cc1[C@@H]1C[C@H]1C(=O)O. The second-order valence-electron chi connectivity index (χ2n) is 3.86. The van der Waals surface area contributed by atoms with Crippen LogP contribution in [0.5, 0.6) is 0 Å². The molecule has 7 heteroatoms. The van der Waals surface area contributed by atoms with Gasteiger partial charge in [-0.25, -0.2) is 0 Å². The van der Waals surface area contributed by atoms with E-state index in [9.17, 15) is 18.0 Å². The maximum atomic E-state index is 12.3. The summed E-state index contributed by atoms with van der Waals surface area (Å²) in [5, 5.41) is 12.0. The van der Waals surface area contributed by atoms with Crippen molar-refractivity contribution in [2.75, 3.05) is 0 Å². The Balaban J connectivity index is 2.25. The van der Waals surface area contributed by atoms with Crippen molar-refractivity contribution in [3.8, 4) is 0 Å². The third-order valence-corrected chi connectivity index (χ3v) is 2.69. The van der Waals surface area contributed by atoms with Crippen molar-refractivity contribution in [1.82, 2.24) is 9.78 Å². The minimum atomic E-state index is -4.48. The normalized spacial score (nSPS) is 24.5. The minimum Gasteiger partial charge on any atom is -0.481 e. The first kappa shape index (κ1) is 11.0. The van der Waals surface area contributed by atoms with Crippen LogP contribution in [0.15, 0.2) is 6.07 Å². The van der Waals surface area contributed by atoms with Gasteiger partial charge in [-0.3, -0.25) is 9.48 Å². The van der Waals surface area contributed by atoms with Gasteiger partial charge in [0.1, 0.15) is 0 Å². The van der Waals surface area contributed by atoms with Crippen molar-refractivity contribution >= 4 is 5.97 Å². The molecule has 4 nitrogen and oxygen atoms in total. The fourth-order valence-corrected chi connectivity index (χ4v) is 1.76. The molecule has 0 aromatic carbocycles. The van der Waals surface area contributed by atoms with Crippen LogP contribution >= 0.6 is 0 Å². The lowest BCUT2D eigenvalue weighted by atomic mass is 10.2. The van der Waals surface area contributed by atoms with Crippen LogP contribution in [-0.4, -0.2) is 20.9 Å². The monoisotopic (exact) mass is 234 g/mol. The quantitative estimate of drug-likeness (QED) is 0.846. The molecule has 0 radical (unpaired) electrons. The number of nitrogens with zero attached hydrogens (tertiary/aromatic N) is 2. The highest BCUT2D eigenvalue weighted by Crippen LogP contribution is 2.48. The van der Waals surface area contributed by atoms with Crippen LogP contribution in [0.1, 0.15) is 23.7 Å². The molecule has 0 saturated heterocycles. The van der Waals surface area contributed by atoms with Gasteiger partial charge in [-0.2, -0.15) is 18.3 Å². The Morgan fingerprint density at radius 2 is 2.25 bits per heavy atom. The highest BCUT2D eigenvalue weighted by atomic mass is 19.4. The van der Waals surface area contributed by atoms with E-state index in [1.807, 2.05) is 0 Å². The molecule has 0 spiro atoms. The van der Waals surface area contributed by atoms with Crippen LogP contribution in [0.25, 0.3) is 0 Å². The maximum Gasteiger partial charge on any atom is 0.435 e. The molecule has 16 heavy (non-hydrogen) atoms. The van der Waals surface area contributed by atoms with E-state index in [1.165, 1.54) is 7.05 Å². The number of hydrogen-bond acceptors (Lipinski definition) is 2. The Hall–Kier alpha value is -1.53. The Bertz CT molecular complexity index is 438. The lowest BCUT2D eigenvalue weighted by Crippen LogP contribution is -2.06. The molecule has 1 aliphatic carbocycles. The summed E-state index contributed by atoms with van der Waals surface area (Å²) in [4.78, 5) is 10.6. The van der Waals surface area contributed by atoms with Crippen molar-refractivity contribution in [3.63, 3.8) is 0 Å². The molecule has 1 saturated carbocycles. The fraction of sp³-hybridized carbons (Fsp3) is 0.556. The van der Waals surface area contributed by atoms with E-state index in [1.54, 1.807) is 0 Å². The molecule has 2 atom stereocenters. The van der Waals surface area contributed by atoms with E-state index in [-0.39, 0.29) is 5.92 Å². The molecule has 0 unspecified atom stereocenters. The van der Waals surface area contributed by atoms with Crippen LogP contribution in [0, 0.1) is 5.92 Å². The van der Waals surface area contributed by atoms with E-state index in [0.29, 0.717) is 12.1 Å². The average molecular weight is 234 g/mol. The number of aromatic nitrogens is 2. The highest BCUT2D eigenvalue weighted by molar-refractivity contribution is 5.75. The third kappa shape index (κ3) is 1.77. The second kappa shape index (κ2) is 3.23. The number of rotatable bonds is 2. The smallest absolute Gasteiger partial charge is 0.435 e. The van der Waals surface area contributed by atoms with Gasteiger partial charge in [-0.15, -0.1) is 0 Å². The maximum absolute atomic E-state index is 12.3. The first-order chi connectivity index (χ1) is 7.30. The summed E-state index contributed by atoms with van der Waals surface area (Å²) in [5.41, 5.74) is -0.638. The predicted molar refractivity (Wildman–Crippen MR) is 46.7 cm³/mol. The van der Waals surface area contributed by atoms with Crippen LogP contribution in [0.3, 0.4) is 0 Å². The first-order valence-corrected chi connectivity index (χ1v) is 4.64. The molecule has 1 N–H and O–H groups in total. The summed E-state index contributed by atoms with van der Waals surface area (Å²) < 4.78 is 38.1. The zero-order valence-corrected chi connectivity index (χ0v) is 8.32. The third-order valence-electron chi connectivity index (χ3n) is 2.69. The number of carboxylic acids is 1. The second-order valence-corrected chi connectivity index (χ2v) is 3.86. The molecule has 88 valence electrons. The van der Waals surface area contributed by atoms with Gasteiger partial charge in [-0.05, 0) is 12.5 Å². The molecule has 0 bridgehead atoms. The Labute approximate surface area is 88.7 Å².